The van der Waals surface area contributed by atoms with E-state index in [0.717, 1.165) is 5.56 Å². The SMILES string of the molecule is COc1ccc(Cl)cc1CC(=O)NC(C)C(O)Cc1ccccc1. The van der Waals surface area contributed by atoms with Crippen molar-refractivity contribution in [2.75, 3.05) is 7.11 Å². The van der Waals surface area contributed by atoms with E-state index < -0.39 is 6.10 Å². The second-order valence-electron chi connectivity index (χ2n) is 5.75. The zero-order valence-corrected chi connectivity index (χ0v) is 14.6. The van der Waals surface area contributed by atoms with E-state index >= 15 is 0 Å². The molecule has 24 heavy (non-hydrogen) atoms. The van der Waals surface area contributed by atoms with E-state index in [-0.39, 0.29) is 18.4 Å². The molecule has 2 N–H and O–H groups in total. The van der Waals surface area contributed by atoms with Crippen molar-refractivity contribution in [2.24, 2.45) is 0 Å². The first kappa shape index (κ1) is 18.3. The maximum Gasteiger partial charge on any atom is 0.224 e. The van der Waals surface area contributed by atoms with E-state index in [1.54, 1.807) is 32.2 Å². The predicted octanol–water partition coefficient (Wildman–Crippen LogP) is 3.00. The maximum absolute atomic E-state index is 12.2. The molecule has 0 aromatic heterocycles. The lowest BCUT2D eigenvalue weighted by Gasteiger charge is -2.20. The quantitative estimate of drug-likeness (QED) is 0.809. The van der Waals surface area contributed by atoms with Gasteiger partial charge in [-0.2, -0.15) is 0 Å². The highest BCUT2D eigenvalue weighted by Crippen LogP contribution is 2.23. The number of amides is 1. The normalized spacial score (nSPS) is 13.2. The molecule has 5 heteroatoms. The Hall–Kier alpha value is -2.04. The van der Waals surface area contributed by atoms with Crippen LogP contribution in [0.5, 0.6) is 5.75 Å². The standard InChI is InChI=1S/C19H22ClNO3/c1-13(17(22)10-14-6-4-3-5-7-14)21-19(23)12-15-11-16(20)8-9-18(15)24-2/h3-9,11,13,17,22H,10,12H2,1-2H3,(H,21,23). The van der Waals surface area contributed by atoms with E-state index in [4.69, 9.17) is 16.3 Å². The molecule has 4 nitrogen and oxygen atoms in total. The van der Waals surface area contributed by atoms with Crippen molar-refractivity contribution in [3.63, 3.8) is 0 Å². The highest BCUT2D eigenvalue weighted by molar-refractivity contribution is 6.30. The summed E-state index contributed by atoms with van der Waals surface area (Å²) in [6.07, 6.45) is -0.0212. The minimum atomic E-state index is -0.655. The van der Waals surface area contributed by atoms with Crippen molar-refractivity contribution in [2.45, 2.75) is 31.9 Å². The minimum absolute atomic E-state index is 0.145. The molecule has 2 aromatic rings. The Bertz CT molecular complexity index is 676. The van der Waals surface area contributed by atoms with Crippen LogP contribution in [0.15, 0.2) is 48.5 Å². The number of carbonyl (C=O) groups is 1. The number of aliphatic hydroxyl groups is 1. The average Bonchev–Trinajstić information content (AvgIpc) is 2.55. The van der Waals surface area contributed by atoms with Gasteiger partial charge < -0.3 is 15.2 Å². The number of ether oxygens (including phenoxy) is 1. The van der Waals surface area contributed by atoms with E-state index in [1.807, 2.05) is 30.3 Å². The van der Waals surface area contributed by atoms with Crippen LogP contribution in [-0.4, -0.2) is 30.3 Å². The number of carbonyl (C=O) groups excluding carboxylic acids is 1. The largest absolute Gasteiger partial charge is 0.496 e. The summed E-state index contributed by atoms with van der Waals surface area (Å²) in [7, 11) is 1.55. The Balaban J connectivity index is 1.93. The Kier molecular flexibility index (Phi) is 6.64. The van der Waals surface area contributed by atoms with Crippen LogP contribution in [0, 0.1) is 0 Å². The fourth-order valence-corrected chi connectivity index (χ4v) is 2.69. The van der Waals surface area contributed by atoms with Gasteiger partial charge in [-0.15, -0.1) is 0 Å². The molecule has 0 saturated carbocycles. The van der Waals surface area contributed by atoms with Crippen molar-refractivity contribution in [1.82, 2.24) is 5.32 Å². The number of benzene rings is 2. The Morgan fingerprint density at radius 1 is 1.25 bits per heavy atom. The summed E-state index contributed by atoms with van der Waals surface area (Å²) in [5.74, 6) is 0.433. The van der Waals surface area contributed by atoms with Gasteiger partial charge in [0.05, 0.1) is 25.7 Å². The van der Waals surface area contributed by atoms with Crippen molar-refractivity contribution in [3.05, 3.63) is 64.7 Å². The molecule has 1 amide bonds. The van der Waals surface area contributed by atoms with Crippen LogP contribution in [-0.2, 0) is 17.6 Å². The number of hydrogen-bond donors (Lipinski definition) is 2. The molecule has 0 bridgehead atoms. The van der Waals surface area contributed by atoms with Crippen LogP contribution < -0.4 is 10.1 Å². The van der Waals surface area contributed by atoms with E-state index in [1.165, 1.54) is 0 Å². The number of nitrogens with one attached hydrogen (secondary N) is 1. The highest BCUT2D eigenvalue weighted by Gasteiger charge is 2.18. The molecule has 0 aliphatic carbocycles. The molecule has 0 spiro atoms. The lowest BCUT2D eigenvalue weighted by atomic mass is 10.0. The number of hydrogen-bond acceptors (Lipinski definition) is 3. The molecular weight excluding hydrogens is 326 g/mol. The average molecular weight is 348 g/mol. The van der Waals surface area contributed by atoms with Gasteiger partial charge in [-0.3, -0.25) is 4.79 Å². The first-order chi connectivity index (χ1) is 11.5. The third kappa shape index (κ3) is 5.25. The van der Waals surface area contributed by atoms with Crippen LogP contribution in [0.25, 0.3) is 0 Å². The maximum atomic E-state index is 12.2. The molecule has 0 aliphatic heterocycles. The monoisotopic (exact) mass is 347 g/mol. The zero-order chi connectivity index (χ0) is 17.5. The van der Waals surface area contributed by atoms with Gasteiger partial charge in [0, 0.05) is 17.0 Å². The van der Waals surface area contributed by atoms with Crippen LogP contribution in [0.2, 0.25) is 5.02 Å². The predicted molar refractivity (Wildman–Crippen MR) is 95.5 cm³/mol. The molecule has 0 heterocycles. The Labute approximate surface area is 147 Å². The number of aliphatic hydroxyl groups excluding tert-OH is 1. The summed E-state index contributed by atoms with van der Waals surface area (Å²) >= 11 is 5.98. The highest BCUT2D eigenvalue weighted by atomic mass is 35.5. The smallest absolute Gasteiger partial charge is 0.224 e. The molecular formula is C19H22ClNO3. The van der Waals surface area contributed by atoms with Crippen molar-refractivity contribution in [3.8, 4) is 5.75 Å². The molecule has 128 valence electrons. The summed E-state index contributed by atoms with van der Waals surface area (Å²) in [6, 6.07) is 14.5. The third-order valence-corrected chi connectivity index (χ3v) is 4.08. The topological polar surface area (TPSA) is 58.6 Å². The number of methoxy groups -OCH3 is 1. The van der Waals surface area contributed by atoms with Crippen molar-refractivity contribution < 1.29 is 14.6 Å². The van der Waals surface area contributed by atoms with Crippen LogP contribution in [0.3, 0.4) is 0 Å². The summed E-state index contributed by atoms with van der Waals surface area (Å²) in [6.45, 7) is 1.79. The molecule has 2 rings (SSSR count). The van der Waals surface area contributed by atoms with Crippen LogP contribution in [0.4, 0.5) is 0 Å². The zero-order valence-electron chi connectivity index (χ0n) is 13.8. The van der Waals surface area contributed by atoms with Crippen LogP contribution >= 0.6 is 11.6 Å². The Morgan fingerprint density at radius 2 is 1.96 bits per heavy atom. The summed E-state index contributed by atoms with van der Waals surface area (Å²) in [5, 5.41) is 13.7. The van der Waals surface area contributed by atoms with E-state index in [2.05, 4.69) is 5.32 Å². The molecule has 0 fully saturated rings. The molecule has 0 radical (unpaired) electrons. The minimum Gasteiger partial charge on any atom is -0.496 e. The van der Waals surface area contributed by atoms with Crippen LogP contribution in [0.1, 0.15) is 18.1 Å². The van der Waals surface area contributed by atoms with E-state index in [9.17, 15) is 9.90 Å². The van der Waals surface area contributed by atoms with Gasteiger partial charge in [0.2, 0.25) is 5.91 Å². The van der Waals surface area contributed by atoms with Gasteiger partial charge in [-0.1, -0.05) is 41.9 Å². The molecule has 2 atom stereocenters. The fourth-order valence-electron chi connectivity index (χ4n) is 2.49. The van der Waals surface area contributed by atoms with Gasteiger partial charge in [0.25, 0.3) is 0 Å². The summed E-state index contributed by atoms with van der Waals surface area (Å²) < 4.78 is 5.24. The molecule has 0 aliphatic rings. The van der Waals surface area contributed by atoms with Gasteiger partial charge in [0.15, 0.2) is 0 Å². The number of halogens is 1. The lowest BCUT2D eigenvalue weighted by Crippen LogP contribution is -2.42. The van der Waals surface area contributed by atoms with Gasteiger partial charge in [-0.05, 0) is 30.7 Å². The van der Waals surface area contributed by atoms with Crippen molar-refractivity contribution in [1.29, 1.82) is 0 Å². The molecule has 0 saturated heterocycles. The van der Waals surface area contributed by atoms with Gasteiger partial charge >= 0.3 is 0 Å². The third-order valence-electron chi connectivity index (χ3n) is 3.85. The van der Waals surface area contributed by atoms with Crippen molar-refractivity contribution >= 4 is 17.5 Å². The van der Waals surface area contributed by atoms with E-state index in [0.29, 0.717) is 22.8 Å². The summed E-state index contributed by atoms with van der Waals surface area (Å²) in [5.41, 5.74) is 1.75. The first-order valence-corrected chi connectivity index (χ1v) is 8.21. The van der Waals surface area contributed by atoms with Gasteiger partial charge in [0.1, 0.15) is 5.75 Å². The fraction of sp³-hybridized carbons (Fsp3) is 0.316. The first-order valence-electron chi connectivity index (χ1n) is 7.83. The summed E-state index contributed by atoms with van der Waals surface area (Å²) in [4.78, 5) is 12.2. The second kappa shape index (κ2) is 8.71. The molecule has 2 unspecified atom stereocenters. The second-order valence-corrected chi connectivity index (χ2v) is 6.18. The molecule has 2 aromatic carbocycles. The van der Waals surface area contributed by atoms with Gasteiger partial charge in [-0.25, -0.2) is 0 Å². The number of rotatable bonds is 7. The lowest BCUT2D eigenvalue weighted by molar-refractivity contribution is -0.121. The Morgan fingerprint density at radius 3 is 2.62 bits per heavy atom.